The molecule has 3 aromatic rings. The third-order valence-electron chi connectivity index (χ3n) is 2.82. The Kier molecular flexibility index (Phi) is 3.23. The van der Waals surface area contributed by atoms with Crippen LogP contribution in [0.5, 0.6) is 0 Å². The number of hydrogen-bond donors (Lipinski definition) is 1. The predicted octanol–water partition coefficient (Wildman–Crippen LogP) is 4.61. The Labute approximate surface area is 127 Å². The zero-order valence-corrected chi connectivity index (χ0v) is 12.3. The van der Waals surface area contributed by atoms with Crippen molar-refractivity contribution in [3.63, 3.8) is 0 Å². The minimum absolute atomic E-state index is 0.153. The van der Waals surface area contributed by atoms with Gasteiger partial charge >= 0.3 is 5.97 Å². The molecule has 100 valence electrons. The molecular weight excluding hydrogens is 346 g/mol. The summed E-state index contributed by atoms with van der Waals surface area (Å²) in [4.78, 5) is 15.3. The van der Waals surface area contributed by atoms with Crippen LogP contribution in [0.3, 0.4) is 0 Å². The lowest BCUT2D eigenvalue weighted by Gasteiger charge is -2.00. The molecule has 6 heteroatoms. The molecule has 0 saturated carbocycles. The van der Waals surface area contributed by atoms with Gasteiger partial charge in [-0.15, -0.1) is 0 Å². The lowest BCUT2D eigenvalue weighted by molar-refractivity contribution is 0.0697. The fraction of sp³-hybridized carbons (Fsp3) is 0. The first-order chi connectivity index (χ1) is 9.56. The van der Waals surface area contributed by atoms with E-state index in [-0.39, 0.29) is 5.56 Å². The maximum atomic E-state index is 10.9. The smallest absolute Gasteiger partial charge is 0.335 e. The molecule has 0 fully saturated rings. The standard InChI is InChI=1S/C14H7BrClNO3/c15-9-3-1-2-8(12(9)16)13-17-10-5-4-7(14(18)19)6-11(10)20-13/h1-6H,(H,18,19). The summed E-state index contributed by atoms with van der Waals surface area (Å²) in [5.74, 6) is -0.654. The van der Waals surface area contributed by atoms with Crippen molar-refractivity contribution in [2.75, 3.05) is 0 Å². The maximum absolute atomic E-state index is 10.9. The first kappa shape index (κ1) is 13.1. The van der Waals surface area contributed by atoms with Crippen LogP contribution in [0, 0.1) is 0 Å². The van der Waals surface area contributed by atoms with Crippen molar-refractivity contribution in [2.24, 2.45) is 0 Å². The number of fused-ring (bicyclic) bond motifs is 1. The highest BCUT2D eigenvalue weighted by Gasteiger charge is 2.14. The van der Waals surface area contributed by atoms with E-state index in [9.17, 15) is 4.79 Å². The number of halogens is 2. The second-order valence-corrected chi connectivity index (χ2v) is 5.34. The monoisotopic (exact) mass is 351 g/mol. The van der Waals surface area contributed by atoms with Crippen LogP contribution < -0.4 is 0 Å². The normalized spacial score (nSPS) is 10.9. The molecule has 0 aliphatic heterocycles. The first-order valence-corrected chi connectivity index (χ1v) is 6.81. The number of carboxylic acids is 1. The number of rotatable bonds is 2. The van der Waals surface area contributed by atoms with Crippen LogP contribution >= 0.6 is 27.5 Å². The Morgan fingerprint density at radius 3 is 2.85 bits per heavy atom. The quantitative estimate of drug-likeness (QED) is 0.731. The van der Waals surface area contributed by atoms with E-state index < -0.39 is 5.97 Å². The molecule has 3 rings (SSSR count). The molecule has 0 saturated heterocycles. The lowest BCUT2D eigenvalue weighted by atomic mass is 10.2. The number of benzene rings is 2. The molecule has 1 aromatic heterocycles. The van der Waals surface area contributed by atoms with Gasteiger partial charge in [-0.05, 0) is 46.3 Å². The van der Waals surface area contributed by atoms with Crippen molar-refractivity contribution >= 4 is 44.6 Å². The Morgan fingerprint density at radius 2 is 2.10 bits per heavy atom. The van der Waals surface area contributed by atoms with Crippen molar-refractivity contribution in [1.29, 1.82) is 0 Å². The average molecular weight is 353 g/mol. The Hall–Kier alpha value is -1.85. The first-order valence-electron chi connectivity index (χ1n) is 5.64. The largest absolute Gasteiger partial charge is 0.478 e. The molecule has 20 heavy (non-hydrogen) atoms. The van der Waals surface area contributed by atoms with E-state index in [1.807, 2.05) is 12.1 Å². The minimum atomic E-state index is -1.01. The van der Waals surface area contributed by atoms with Gasteiger partial charge in [0.1, 0.15) is 5.52 Å². The molecule has 0 radical (unpaired) electrons. The van der Waals surface area contributed by atoms with Crippen LogP contribution in [0.4, 0.5) is 0 Å². The number of carbonyl (C=O) groups is 1. The SMILES string of the molecule is O=C(O)c1ccc2nc(-c3cccc(Br)c3Cl)oc2c1. The van der Waals surface area contributed by atoms with Gasteiger partial charge in [0, 0.05) is 4.47 Å². The summed E-state index contributed by atoms with van der Waals surface area (Å²) in [5, 5.41) is 9.46. The summed E-state index contributed by atoms with van der Waals surface area (Å²) < 4.78 is 6.34. The van der Waals surface area contributed by atoms with Gasteiger partial charge < -0.3 is 9.52 Å². The number of aromatic nitrogens is 1. The summed E-state index contributed by atoms with van der Waals surface area (Å²) in [6.07, 6.45) is 0. The van der Waals surface area contributed by atoms with Crippen LogP contribution in [0.25, 0.3) is 22.6 Å². The van der Waals surface area contributed by atoms with E-state index in [1.165, 1.54) is 12.1 Å². The van der Waals surface area contributed by atoms with Crippen molar-refractivity contribution in [2.45, 2.75) is 0 Å². The molecule has 2 aromatic carbocycles. The van der Waals surface area contributed by atoms with Crippen molar-refractivity contribution in [1.82, 2.24) is 4.98 Å². The molecule has 0 atom stereocenters. The van der Waals surface area contributed by atoms with Crippen LogP contribution in [-0.4, -0.2) is 16.1 Å². The zero-order valence-electron chi connectivity index (χ0n) is 9.93. The van der Waals surface area contributed by atoms with Gasteiger partial charge in [-0.25, -0.2) is 9.78 Å². The molecule has 0 spiro atoms. The van der Waals surface area contributed by atoms with Crippen LogP contribution in [-0.2, 0) is 0 Å². The second kappa shape index (κ2) is 4.92. The molecule has 0 bridgehead atoms. The number of carboxylic acid groups (broad SMARTS) is 1. The molecule has 0 aliphatic carbocycles. The third kappa shape index (κ3) is 2.19. The topological polar surface area (TPSA) is 63.3 Å². The maximum Gasteiger partial charge on any atom is 0.335 e. The Balaban J connectivity index is 2.18. The number of nitrogens with zero attached hydrogens (tertiary/aromatic N) is 1. The second-order valence-electron chi connectivity index (χ2n) is 4.11. The van der Waals surface area contributed by atoms with E-state index in [1.54, 1.807) is 12.1 Å². The van der Waals surface area contributed by atoms with Gasteiger partial charge in [0.05, 0.1) is 16.1 Å². The van der Waals surface area contributed by atoms with Gasteiger partial charge in [-0.3, -0.25) is 0 Å². The fourth-order valence-electron chi connectivity index (χ4n) is 1.84. The predicted molar refractivity (Wildman–Crippen MR) is 79.1 cm³/mol. The molecule has 1 heterocycles. The summed E-state index contributed by atoms with van der Waals surface area (Å²) in [5.41, 5.74) is 1.80. The van der Waals surface area contributed by atoms with Crippen molar-refractivity contribution in [3.05, 3.63) is 51.5 Å². The highest BCUT2D eigenvalue weighted by Crippen LogP contribution is 2.34. The minimum Gasteiger partial charge on any atom is -0.478 e. The summed E-state index contributed by atoms with van der Waals surface area (Å²) in [7, 11) is 0. The molecule has 0 aliphatic rings. The van der Waals surface area contributed by atoms with Gasteiger partial charge in [-0.2, -0.15) is 0 Å². The lowest BCUT2D eigenvalue weighted by Crippen LogP contribution is -1.94. The number of hydrogen-bond acceptors (Lipinski definition) is 3. The van der Waals surface area contributed by atoms with E-state index >= 15 is 0 Å². The highest BCUT2D eigenvalue weighted by molar-refractivity contribution is 9.10. The molecule has 0 unspecified atom stereocenters. The molecule has 4 nitrogen and oxygen atoms in total. The third-order valence-corrected chi connectivity index (χ3v) is 4.11. The molecule has 0 amide bonds. The van der Waals surface area contributed by atoms with Crippen molar-refractivity contribution in [3.8, 4) is 11.5 Å². The Bertz CT molecular complexity index is 828. The van der Waals surface area contributed by atoms with Gasteiger partial charge in [0.15, 0.2) is 5.58 Å². The van der Waals surface area contributed by atoms with Crippen molar-refractivity contribution < 1.29 is 14.3 Å². The van der Waals surface area contributed by atoms with Crippen LogP contribution in [0.1, 0.15) is 10.4 Å². The summed E-state index contributed by atoms with van der Waals surface area (Å²) in [6.45, 7) is 0. The van der Waals surface area contributed by atoms with Gasteiger partial charge in [0.25, 0.3) is 0 Å². The summed E-state index contributed by atoms with van der Waals surface area (Å²) >= 11 is 9.53. The summed E-state index contributed by atoms with van der Waals surface area (Å²) in [6, 6.07) is 9.97. The fourth-order valence-corrected chi connectivity index (χ4v) is 2.41. The number of oxazole rings is 1. The van der Waals surface area contributed by atoms with E-state index in [0.717, 1.165) is 4.47 Å². The molecule has 1 N–H and O–H groups in total. The average Bonchev–Trinajstić information content (AvgIpc) is 2.84. The number of aromatic carboxylic acids is 1. The zero-order chi connectivity index (χ0) is 14.3. The van der Waals surface area contributed by atoms with E-state index in [4.69, 9.17) is 21.1 Å². The highest BCUT2D eigenvalue weighted by atomic mass is 79.9. The van der Waals surface area contributed by atoms with Crippen LogP contribution in [0.15, 0.2) is 45.3 Å². The van der Waals surface area contributed by atoms with E-state index in [0.29, 0.717) is 27.6 Å². The molecular formula is C14H7BrClNO3. The van der Waals surface area contributed by atoms with E-state index in [2.05, 4.69) is 20.9 Å². The van der Waals surface area contributed by atoms with Gasteiger partial charge in [0.2, 0.25) is 5.89 Å². The van der Waals surface area contributed by atoms with Crippen LogP contribution in [0.2, 0.25) is 5.02 Å². The van der Waals surface area contributed by atoms with Gasteiger partial charge in [-0.1, -0.05) is 17.7 Å². The Morgan fingerprint density at radius 1 is 1.30 bits per heavy atom.